The van der Waals surface area contributed by atoms with E-state index in [1.807, 2.05) is 0 Å². The predicted molar refractivity (Wildman–Crippen MR) is 56.1 cm³/mol. The number of nitrogens with one attached hydrogen (secondary N) is 1. The fraction of sp³-hybridized carbons (Fsp3) is 0.182. The third-order valence-corrected chi connectivity index (χ3v) is 2.37. The van der Waals surface area contributed by atoms with Crippen LogP contribution in [0.4, 0.5) is 13.2 Å². The summed E-state index contributed by atoms with van der Waals surface area (Å²) in [6, 6.07) is 4.76. The Morgan fingerprint density at radius 2 is 2.00 bits per heavy atom. The zero-order valence-corrected chi connectivity index (χ0v) is 8.76. The van der Waals surface area contributed by atoms with E-state index >= 15 is 0 Å². The predicted octanol–water partition coefficient (Wildman–Crippen LogP) is 2.56. The number of ether oxygens (including phenoxy) is 1. The first-order valence-corrected chi connectivity index (χ1v) is 4.70. The van der Waals surface area contributed by atoms with Gasteiger partial charge >= 0.3 is 6.18 Å². The lowest BCUT2D eigenvalue weighted by Crippen LogP contribution is -2.14. The molecule has 1 N–H and O–H groups in total. The van der Waals surface area contributed by atoms with Gasteiger partial charge in [-0.2, -0.15) is 13.2 Å². The lowest BCUT2D eigenvalue weighted by molar-refractivity contribution is -0.136. The van der Waals surface area contributed by atoms with Crippen molar-refractivity contribution in [1.82, 2.24) is 4.98 Å². The molecule has 0 aliphatic heterocycles. The second kappa shape index (κ2) is 3.80. The Balaban J connectivity index is 2.91. The highest BCUT2D eigenvalue weighted by Crippen LogP contribution is 2.35. The zero-order chi connectivity index (χ0) is 12.6. The number of hydrogen-bond acceptors (Lipinski definition) is 2. The molecule has 6 heteroatoms. The van der Waals surface area contributed by atoms with Crippen LogP contribution in [0.25, 0.3) is 10.9 Å². The highest BCUT2D eigenvalue weighted by molar-refractivity contribution is 5.87. The molecule has 90 valence electrons. The standard InChI is InChI=1S/C11H8F3NO2/c1-17-8-4-2-3-6-7(11(12,13)14)5-9(16)15-10(6)8/h2-5H,1H3,(H,15,16). The first-order valence-electron chi connectivity index (χ1n) is 4.70. The molecule has 2 rings (SSSR count). The van der Waals surface area contributed by atoms with Crippen molar-refractivity contribution in [3.8, 4) is 5.75 Å². The average molecular weight is 243 g/mol. The van der Waals surface area contributed by atoms with Gasteiger partial charge in [0.15, 0.2) is 0 Å². The molecule has 0 radical (unpaired) electrons. The minimum Gasteiger partial charge on any atom is -0.495 e. The minimum atomic E-state index is -4.57. The number of hydrogen-bond donors (Lipinski definition) is 1. The van der Waals surface area contributed by atoms with Gasteiger partial charge in [-0.1, -0.05) is 12.1 Å². The van der Waals surface area contributed by atoms with E-state index in [1.165, 1.54) is 25.3 Å². The van der Waals surface area contributed by atoms with E-state index in [2.05, 4.69) is 4.98 Å². The number of halogens is 3. The van der Waals surface area contributed by atoms with Crippen LogP contribution in [0.15, 0.2) is 29.1 Å². The van der Waals surface area contributed by atoms with Gasteiger partial charge in [0.2, 0.25) is 5.56 Å². The normalized spacial score (nSPS) is 11.8. The van der Waals surface area contributed by atoms with Crippen molar-refractivity contribution < 1.29 is 17.9 Å². The molecule has 0 saturated heterocycles. The van der Waals surface area contributed by atoms with E-state index < -0.39 is 17.3 Å². The van der Waals surface area contributed by atoms with E-state index in [0.29, 0.717) is 6.07 Å². The Bertz CT molecular complexity index is 616. The molecular formula is C11H8F3NO2. The summed E-state index contributed by atoms with van der Waals surface area (Å²) in [5.74, 6) is 0.200. The molecule has 2 aromatic rings. The maximum absolute atomic E-state index is 12.7. The quantitative estimate of drug-likeness (QED) is 0.836. The molecular weight excluding hydrogens is 235 g/mol. The first kappa shape index (κ1) is 11.5. The molecule has 3 nitrogen and oxygen atoms in total. The van der Waals surface area contributed by atoms with Crippen LogP contribution in [0.1, 0.15) is 5.56 Å². The number of pyridine rings is 1. The molecule has 0 unspecified atom stereocenters. The van der Waals surface area contributed by atoms with Crippen LogP contribution >= 0.6 is 0 Å². The van der Waals surface area contributed by atoms with Gasteiger partial charge in [0, 0.05) is 11.5 Å². The average Bonchev–Trinajstić information content (AvgIpc) is 2.26. The maximum atomic E-state index is 12.7. The number of alkyl halides is 3. The van der Waals surface area contributed by atoms with Crippen LogP contribution in [0, 0.1) is 0 Å². The zero-order valence-electron chi connectivity index (χ0n) is 8.76. The summed E-state index contributed by atoms with van der Waals surface area (Å²) in [7, 11) is 1.33. The molecule has 0 spiro atoms. The number of aromatic nitrogens is 1. The Morgan fingerprint density at radius 3 is 2.59 bits per heavy atom. The fourth-order valence-electron chi connectivity index (χ4n) is 1.66. The van der Waals surface area contributed by atoms with Crippen LogP contribution in [0.2, 0.25) is 0 Å². The van der Waals surface area contributed by atoms with Gasteiger partial charge in [0.1, 0.15) is 5.75 Å². The van der Waals surface area contributed by atoms with E-state index in [4.69, 9.17) is 4.74 Å². The van der Waals surface area contributed by atoms with Crippen molar-refractivity contribution >= 4 is 10.9 Å². The largest absolute Gasteiger partial charge is 0.495 e. The van der Waals surface area contributed by atoms with Crippen LogP contribution in [-0.4, -0.2) is 12.1 Å². The summed E-state index contributed by atoms with van der Waals surface area (Å²) >= 11 is 0. The number of benzene rings is 1. The van der Waals surface area contributed by atoms with Crippen molar-refractivity contribution in [3.05, 3.63) is 40.2 Å². The summed E-state index contributed by atoms with van der Waals surface area (Å²) in [6.45, 7) is 0. The third kappa shape index (κ3) is 1.98. The number of aromatic amines is 1. The molecule has 1 heterocycles. The lowest BCUT2D eigenvalue weighted by Gasteiger charge is -2.11. The van der Waals surface area contributed by atoms with E-state index in [1.54, 1.807) is 0 Å². The van der Waals surface area contributed by atoms with Crippen LogP contribution in [0.5, 0.6) is 5.75 Å². The number of fused-ring (bicyclic) bond motifs is 1. The maximum Gasteiger partial charge on any atom is 0.417 e. The first-order chi connectivity index (χ1) is 7.93. The second-order valence-electron chi connectivity index (χ2n) is 3.43. The number of H-pyrrole nitrogens is 1. The van der Waals surface area contributed by atoms with E-state index in [9.17, 15) is 18.0 Å². The van der Waals surface area contributed by atoms with Crippen molar-refractivity contribution in [3.63, 3.8) is 0 Å². The highest BCUT2D eigenvalue weighted by atomic mass is 19.4. The van der Waals surface area contributed by atoms with Gasteiger partial charge in [-0.25, -0.2) is 0 Å². The van der Waals surface area contributed by atoms with Gasteiger partial charge in [0.25, 0.3) is 0 Å². The Kier molecular flexibility index (Phi) is 2.57. The summed E-state index contributed by atoms with van der Waals surface area (Å²) in [5, 5.41) is -0.0866. The summed E-state index contributed by atoms with van der Waals surface area (Å²) < 4.78 is 43.1. The van der Waals surface area contributed by atoms with Gasteiger partial charge in [-0.3, -0.25) is 4.79 Å². The van der Waals surface area contributed by atoms with Crippen molar-refractivity contribution in [2.75, 3.05) is 7.11 Å². The fourth-order valence-corrected chi connectivity index (χ4v) is 1.66. The molecule has 0 amide bonds. The molecule has 0 bridgehead atoms. The minimum absolute atomic E-state index is 0.0508. The van der Waals surface area contributed by atoms with Crippen LogP contribution < -0.4 is 10.3 Å². The SMILES string of the molecule is COc1cccc2c(C(F)(F)F)cc(=O)[nH]c12. The molecule has 1 aromatic heterocycles. The Labute approximate surface area is 93.8 Å². The monoisotopic (exact) mass is 243 g/mol. The van der Waals surface area contributed by atoms with Gasteiger partial charge in [0.05, 0.1) is 18.2 Å². The van der Waals surface area contributed by atoms with Crippen LogP contribution in [-0.2, 0) is 6.18 Å². The molecule has 0 atom stereocenters. The molecule has 1 aromatic carbocycles. The Morgan fingerprint density at radius 1 is 1.29 bits per heavy atom. The molecule has 17 heavy (non-hydrogen) atoms. The Hall–Kier alpha value is -1.98. The smallest absolute Gasteiger partial charge is 0.417 e. The van der Waals surface area contributed by atoms with Gasteiger partial charge in [-0.05, 0) is 6.07 Å². The summed E-state index contributed by atoms with van der Waals surface area (Å²) in [4.78, 5) is 13.5. The van der Waals surface area contributed by atoms with Crippen LogP contribution in [0.3, 0.4) is 0 Å². The third-order valence-electron chi connectivity index (χ3n) is 2.37. The summed E-state index contributed by atoms with van der Waals surface area (Å²) in [5.41, 5.74) is -1.72. The molecule has 0 aliphatic carbocycles. The van der Waals surface area contributed by atoms with Crippen molar-refractivity contribution in [1.29, 1.82) is 0 Å². The van der Waals surface area contributed by atoms with Gasteiger partial charge < -0.3 is 9.72 Å². The highest BCUT2D eigenvalue weighted by Gasteiger charge is 2.33. The van der Waals surface area contributed by atoms with Crippen molar-refractivity contribution in [2.45, 2.75) is 6.18 Å². The molecule has 0 saturated carbocycles. The molecule has 0 fully saturated rings. The van der Waals surface area contributed by atoms with E-state index in [-0.39, 0.29) is 16.7 Å². The van der Waals surface area contributed by atoms with Gasteiger partial charge in [-0.15, -0.1) is 0 Å². The second-order valence-corrected chi connectivity index (χ2v) is 3.43. The lowest BCUT2D eigenvalue weighted by atomic mass is 10.1. The number of para-hydroxylation sites is 1. The molecule has 0 aliphatic rings. The van der Waals surface area contributed by atoms with Crippen molar-refractivity contribution in [2.24, 2.45) is 0 Å². The van der Waals surface area contributed by atoms with E-state index in [0.717, 1.165) is 0 Å². The number of methoxy groups -OCH3 is 1. The topological polar surface area (TPSA) is 42.1 Å². The number of rotatable bonds is 1. The summed E-state index contributed by atoms with van der Waals surface area (Å²) in [6.07, 6.45) is -4.57.